The highest BCUT2D eigenvalue weighted by Gasteiger charge is 2.10. The van der Waals surface area contributed by atoms with E-state index < -0.39 is 0 Å². The molecule has 1 aromatic heterocycles. The third-order valence-corrected chi connectivity index (χ3v) is 4.71. The van der Waals surface area contributed by atoms with Crippen LogP contribution in [0.15, 0.2) is 23.2 Å². The van der Waals surface area contributed by atoms with Gasteiger partial charge < -0.3 is 5.32 Å². The van der Waals surface area contributed by atoms with Crippen LogP contribution in [0.3, 0.4) is 0 Å². The first-order valence-electron chi connectivity index (χ1n) is 7.71. The Balaban J connectivity index is 2.18. The Morgan fingerprint density at radius 2 is 1.95 bits per heavy atom. The minimum absolute atomic E-state index is 0.0690. The Morgan fingerprint density at radius 3 is 2.64 bits per heavy atom. The molecule has 0 saturated carbocycles. The summed E-state index contributed by atoms with van der Waals surface area (Å²) >= 11 is 1.50. The van der Waals surface area contributed by atoms with Gasteiger partial charge in [0, 0.05) is 11.4 Å². The fraction of sp³-hybridized carbons (Fsp3) is 0.444. The van der Waals surface area contributed by atoms with Gasteiger partial charge in [0.15, 0.2) is 0 Å². The molecular formula is C18H24N2OS. The topological polar surface area (TPSA) is 42.0 Å². The van der Waals surface area contributed by atoms with Crippen LogP contribution in [0.2, 0.25) is 0 Å². The van der Waals surface area contributed by atoms with E-state index in [-0.39, 0.29) is 11.9 Å². The Hall–Kier alpha value is -1.55. The van der Waals surface area contributed by atoms with Crippen LogP contribution in [-0.4, -0.2) is 22.7 Å². The maximum absolute atomic E-state index is 11.9. The number of hydrogen-bond donors (Lipinski definition) is 1. The third kappa shape index (κ3) is 4.01. The van der Waals surface area contributed by atoms with E-state index in [1.54, 1.807) is 0 Å². The Bertz CT molecular complexity index is 697. The zero-order valence-electron chi connectivity index (χ0n) is 14.0. The molecule has 0 bridgehead atoms. The standard InChI is InChI=1S/C18H24N2OS/c1-6-14(5)19-16(21)10-22-17-9-12(3)15-8-11(2)7-13(4)18(15)20-17/h7-9,14H,6,10H2,1-5H3,(H,19,21)/t14-/m0/s1. The number of nitrogens with one attached hydrogen (secondary N) is 1. The number of aryl methyl sites for hydroxylation is 3. The van der Waals surface area contributed by atoms with Crippen molar-refractivity contribution in [3.05, 3.63) is 34.9 Å². The third-order valence-electron chi connectivity index (χ3n) is 3.80. The van der Waals surface area contributed by atoms with Crippen molar-refractivity contribution in [2.24, 2.45) is 0 Å². The van der Waals surface area contributed by atoms with Crippen LogP contribution in [0.25, 0.3) is 10.9 Å². The van der Waals surface area contributed by atoms with Crippen LogP contribution in [-0.2, 0) is 4.79 Å². The second-order valence-corrected chi connectivity index (χ2v) is 6.92. The summed E-state index contributed by atoms with van der Waals surface area (Å²) in [6.07, 6.45) is 0.947. The van der Waals surface area contributed by atoms with E-state index in [0.717, 1.165) is 17.0 Å². The van der Waals surface area contributed by atoms with Gasteiger partial charge in [-0.05, 0) is 57.4 Å². The smallest absolute Gasteiger partial charge is 0.230 e. The first kappa shape index (κ1) is 16.8. The fourth-order valence-corrected chi connectivity index (χ4v) is 3.22. The molecule has 22 heavy (non-hydrogen) atoms. The van der Waals surface area contributed by atoms with Gasteiger partial charge >= 0.3 is 0 Å². The van der Waals surface area contributed by atoms with Crippen molar-refractivity contribution in [3.8, 4) is 0 Å². The maximum Gasteiger partial charge on any atom is 0.230 e. The summed E-state index contributed by atoms with van der Waals surface area (Å²) in [4.78, 5) is 16.6. The number of hydrogen-bond acceptors (Lipinski definition) is 3. The fourth-order valence-electron chi connectivity index (χ4n) is 2.45. The van der Waals surface area contributed by atoms with E-state index in [0.29, 0.717) is 5.75 Å². The molecule has 1 N–H and O–H groups in total. The molecular weight excluding hydrogens is 292 g/mol. The summed E-state index contributed by atoms with van der Waals surface area (Å²) in [5.41, 5.74) is 4.69. The monoisotopic (exact) mass is 316 g/mol. The number of fused-ring (bicyclic) bond motifs is 1. The number of rotatable bonds is 5. The number of pyridine rings is 1. The minimum atomic E-state index is 0.0690. The number of aromatic nitrogens is 1. The summed E-state index contributed by atoms with van der Waals surface area (Å²) < 4.78 is 0. The van der Waals surface area contributed by atoms with Gasteiger partial charge in [-0.3, -0.25) is 4.79 Å². The van der Waals surface area contributed by atoms with Crippen LogP contribution in [0.4, 0.5) is 0 Å². The lowest BCUT2D eigenvalue weighted by atomic mass is 10.0. The van der Waals surface area contributed by atoms with Crippen molar-refractivity contribution in [2.75, 3.05) is 5.75 Å². The lowest BCUT2D eigenvalue weighted by molar-refractivity contribution is -0.119. The second-order valence-electron chi connectivity index (χ2n) is 5.92. The van der Waals surface area contributed by atoms with Crippen LogP contribution in [0, 0.1) is 20.8 Å². The molecule has 2 aromatic rings. The highest BCUT2D eigenvalue weighted by atomic mass is 32.2. The predicted octanol–water partition coefficient (Wildman–Crippen LogP) is 4.17. The molecule has 1 atom stereocenters. The van der Waals surface area contributed by atoms with Crippen molar-refractivity contribution >= 4 is 28.6 Å². The maximum atomic E-state index is 11.9. The molecule has 0 aliphatic heterocycles. The average Bonchev–Trinajstić information content (AvgIpc) is 2.46. The first-order valence-corrected chi connectivity index (χ1v) is 8.70. The lowest BCUT2D eigenvalue weighted by Gasteiger charge is -2.12. The van der Waals surface area contributed by atoms with Gasteiger partial charge in [0.05, 0.1) is 16.3 Å². The molecule has 0 radical (unpaired) electrons. The quantitative estimate of drug-likeness (QED) is 0.842. The largest absolute Gasteiger partial charge is 0.353 e. The summed E-state index contributed by atoms with van der Waals surface area (Å²) in [5, 5.41) is 5.10. The number of carbonyl (C=O) groups is 1. The number of nitrogens with zero attached hydrogens (tertiary/aromatic N) is 1. The van der Waals surface area contributed by atoms with Crippen molar-refractivity contribution in [1.82, 2.24) is 10.3 Å². The SMILES string of the molecule is CC[C@H](C)NC(=O)CSc1cc(C)c2cc(C)cc(C)c2n1. The first-order chi connectivity index (χ1) is 10.4. The minimum Gasteiger partial charge on any atom is -0.353 e. The molecule has 0 aliphatic rings. The molecule has 0 saturated heterocycles. The van der Waals surface area contributed by atoms with Crippen molar-refractivity contribution in [2.45, 2.75) is 52.1 Å². The van der Waals surface area contributed by atoms with Crippen molar-refractivity contribution in [1.29, 1.82) is 0 Å². The van der Waals surface area contributed by atoms with Crippen molar-refractivity contribution in [3.63, 3.8) is 0 Å². The Kier molecular flexibility index (Phi) is 5.46. The number of carbonyl (C=O) groups excluding carboxylic acids is 1. The van der Waals surface area contributed by atoms with E-state index in [2.05, 4.69) is 51.2 Å². The van der Waals surface area contributed by atoms with Crippen molar-refractivity contribution < 1.29 is 4.79 Å². The molecule has 0 unspecified atom stereocenters. The molecule has 0 aliphatic carbocycles. The van der Waals surface area contributed by atoms with E-state index in [1.165, 1.54) is 33.8 Å². The van der Waals surface area contributed by atoms with Crippen LogP contribution in [0.1, 0.15) is 37.0 Å². The van der Waals surface area contributed by atoms with E-state index in [9.17, 15) is 4.79 Å². The lowest BCUT2D eigenvalue weighted by Crippen LogP contribution is -2.33. The van der Waals surface area contributed by atoms with Gasteiger partial charge in [0.2, 0.25) is 5.91 Å². The van der Waals surface area contributed by atoms with E-state index >= 15 is 0 Å². The molecule has 118 valence electrons. The normalized spacial score (nSPS) is 12.4. The van der Waals surface area contributed by atoms with Crippen LogP contribution < -0.4 is 5.32 Å². The van der Waals surface area contributed by atoms with Gasteiger partial charge in [-0.25, -0.2) is 4.98 Å². The molecule has 1 aromatic carbocycles. The zero-order valence-corrected chi connectivity index (χ0v) is 14.8. The predicted molar refractivity (Wildman–Crippen MR) is 94.6 cm³/mol. The Labute approximate surface area is 136 Å². The molecule has 1 heterocycles. The van der Waals surface area contributed by atoms with Gasteiger partial charge in [-0.2, -0.15) is 0 Å². The van der Waals surface area contributed by atoms with Crippen LogP contribution >= 0.6 is 11.8 Å². The summed E-state index contributed by atoms with van der Waals surface area (Å²) in [6.45, 7) is 10.4. The second kappa shape index (κ2) is 7.14. The van der Waals surface area contributed by atoms with Crippen LogP contribution in [0.5, 0.6) is 0 Å². The van der Waals surface area contributed by atoms with Gasteiger partial charge in [-0.1, -0.05) is 30.3 Å². The molecule has 2 rings (SSSR count). The van der Waals surface area contributed by atoms with E-state index in [4.69, 9.17) is 4.98 Å². The number of thioether (sulfide) groups is 1. The van der Waals surface area contributed by atoms with E-state index in [1.807, 2.05) is 6.92 Å². The molecule has 0 spiro atoms. The van der Waals surface area contributed by atoms with Gasteiger partial charge in [-0.15, -0.1) is 0 Å². The highest BCUT2D eigenvalue weighted by molar-refractivity contribution is 7.99. The van der Waals surface area contributed by atoms with Gasteiger partial charge in [0.25, 0.3) is 0 Å². The molecule has 4 heteroatoms. The zero-order chi connectivity index (χ0) is 16.3. The summed E-state index contributed by atoms with van der Waals surface area (Å²) in [5.74, 6) is 0.479. The van der Waals surface area contributed by atoms with Gasteiger partial charge in [0.1, 0.15) is 0 Å². The molecule has 1 amide bonds. The average molecular weight is 316 g/mol. The summed E-state index contributed by atoms with van der Waals surface area (Å²) in [6, 6.07) is 6.63. The molecule has 3 nitrogen and oxygen atoms in total. The highest BCUT2D eigenvalue weighted by Crippen LogP contribution is 2.26. The summed E-state index contributed by atoms with van der Waals surface area (Å²) in [7, 11) is 0. The number of amides is 1. The number of benzene rings is 1. The Morgan fingerprint density at radius 1 is 1.23 bits per heavy atom. The molecule has 0 fully saturated rings.